The van der Waals surface area contributed by atoms with Crippen LogP contribution in [0.1, 0.15) is 30.2 Å². The van der Waals surface area contributed by atoms with E-state index in [0.717, 1.165) is 55.0 Å². The average molecular weight is 374 g/mol. The third-order valence-electron chi connectivity index (χ3n) is 4.72. The lowest BCUT2D eigenvalue weighted by Gasteiger charge is -2.31. The molecule has 2 heterocycles. The summed E-state index contributed by atoms with van der Waals surface area (Å²) in [4.78, 5) is 7.64. The van der Waals surface area contributed by atoms with Gasteiger partial charge in [-0.2, -0.15) is 8.78 Å². The lowest BCUT2D eigenvalue weighted by atomic mass is 9.97. The maximum Gasteiger partial charge on any atom is 0.288 e. The number of fused-ring (bicyclic) bond motifs is 1. The molecule has 1 aromatic heterocycles. The number of thioether (sulfide) groups is 1. The molecule has 0 N–H and O–H groups in total. The van der Waals surface area contributed by atoms with Crippen LogP contribution in [0.4, 0.5) is 8.78 Å². The monoisotopic (exact) mass is 374 g/mol. The van der Waals surface area contributed by atoms with Crippen molar-refractivity contribution in [3.05, 3.63) is 60.0 Å². The summed E-state index contributed by atoms with van der Waals surface area (Å²) in [5.41, 5.74) is 2.89. The largest absolute Gasteiger partial charge is 0.440 e. The van der Waals surface area contributed by atoms with E-state index in [1.807, 2.05) is 36.4 Å². The summed E-state index contributed by atoms with van der Waals surface area (Å²) in [6, 6.07) is 15.3. The Kier molecular flexibility index (Phi) is 5.22. The van der Waals surface area contributed by atoms with Gasteiger partial charge in [0.15, 0.2) is 11.5 Å². The van der Waals surface area contributed by atoms with Crippen molar-refractivity contribution in [3.8, 4) is 0 Å². The molecule has 0 bridgehead atoms. The van der Waals surface area contributed by atoms with Gasteiger partial charge < -0.3 is 4.42 Å². The summed E-state index contributed by atoms with van der Waals surface area (Å²) in [5.74, 6) is -1.26. The Balaban J connectivity index is 1.41. The normalized spacial score (nSPS) is 18.7. The Morgan fingerprint density at radius 3 is 2.73 bits per heavy atom. The second-order valence-corrected chi connectivity index (χ2v) is 7.68. The van der Waals surface area contributed by atoms with E-state index in [-0.39, 0.29) is 0 Å². The summed E-state index contributed by atoms with van der Waals surface area (Å²) in [6.45, 7) is 2.75. The van der Waals surface area contributed by atoms with Gasteiger partial charge in [-0.05, 0) is 49.2 Å². The zero-order chi connectivity index (χ0) is 17.9. The molecule has 1 unspecified atom stereocenters. The molecule has 1 aliphatic heterocycles. The highest BCUT2D eigenvalue weighted by Crippen LogP contribution is 2.30. The molecular weight excluding hydrogens is 354 g/mol. The molecule has 0 radical (unpaired) electrons. The smallest absolute Gasteiger partial charge is 0.288 e. The van der Waals surface area contributed by atoms with Crippen molar-refractivity contribution >= 4 is 22.9 Å². The molecule has 1 aliphatic rings. The molecule has 4 rings (SSSR count). The molecule has 0 aliphatic carbocycles. The lowest BCUT2D eigenvalue weighted by molar-refractivity contribution is 0.187. The maximum absolute atomic E-state index is 12.4. The molecule has 26 heavy (non-hydrogen) atoms. The van der Waals surface area contributed by atoms with Gasteiger partial charge in [0.05, 0.1) is 0 Å². The fraction of sp³-hybridized carbons (Fsp3) is 0.350. The number of piperidine rings is 1. The molecule has 2 aromatic carbocycles. The minimum absolute atomic E-state index is 0.296. The number of likely N-dealkylation sites (tertiary alicyclic amines) is 1. The number of nitrogens with zero attached hydrogens (tertiary/aromatic N) is 2. The van der Waals surface area contributed by atoms with Crippen LogP contribution in [0.2, 0.25) is 0 Å². The molecule has 136 valence electrons. The topological polar surface area (TPSA) is 29.3 Å². The first-order chi connectivity index (χ1) is 12.7. The Hall–Kier alpha value is -1.92. The Morgan fingerprint density at radius 2 is 1.96 bits per heavy atom. The Morgan fingerprint density at radius 1 is 1.15 bits per heavy atom. The predicted molar refractivity (Wildman–Crippen MR) is 99.6 cm³/mol. The van der Waals surface area contributed by atoms with E-state index in [4.69, 9.17) is 4.42 Å². The van der Waals surface area contributed by atoms with Crippen molar-refractivity contribution in [2.24, 2.45) is 0 Å². The number of benzene rings is 2. The van der Waals surface area contributed by atoms with Gasteiger partial charge in [-0.1, -0.05) is 36.0 Å². The number of halogens is 2. The molecule has 1 fully saturated rings. The number of rotatable bonds is 5. The van der Waals surface area contributed by atoms with Crippen LogP contribution < -0.4 is 0 Å². The van der Waals surface area contributed by atoms with Gasteiger partial charge in [-0.15, -0.1) is 0 Å². The summed E-state index contributed by atoms with van der Waals surface area (Å²) in [5, 5.41) is 0. The zero-order valence-electron chi connectivity index (χ0n) is 14.3. The van der Waals surface area contributed by atoms with Crippen molar-refractivity contribution in [2.75, 3.05) is 13.1 Å². The van der Waals surface area contributed by atoms with E-state index in [1.54, 1.807) is 12.1 Å². The third kappa shape index (κ3) is 4.07. The molecule has 1 atom stereocenters. The number of hydrogen-bond donors (Lipinski definition) is 0. The van der Waals surface area contributed by atoms with Crippen LogP contribution in [0.25, 0.3) is 11.1 Å². The lowest BCUT2D eigenvalue weighted by Crippen LogP contribution is -2.34. The summed E-state index contributed by atoms with van der Waals surface area (Å²) >= 11 is 0.585. The molecule has 0 saturated carbocycles. The van der Waals surface area contributed by atoms with E-state index >= 15 is 0 Å². The summed E-state index contributed by atoms with van der Waals surface area (Å²) in [6.07, 6.45) is 2.18. The van der Waals surface area contributed by atoms with Crippen LogP contribution in [0.3, 0.4) is 0 Å². The molecular formula is C20H20F2N2OS. The number of para-hydroxylation sites is 2. The van der Waals surface area contributed by atoms with Gasteiger partial charge in [-0.3, -0.25) is 4.90 Å². The van der Waals surface area contributed by atoms with E-state index in [9.17, 15) is 8.78 Å². The molecule has 3 aromatic rings. The van der Waals surface area contributed by atoms with Crippen molar-refractivity contribution in [1.82, 2.24) is 9.88 Å². The number of aromatic nitrogens is 1. The second kappa shape index (κ2) is 7.76. The Bertz CT molecular complexity index is 833. The standard InChI is InChI=1S/C20H20F2N2OS/c21-20(22)26-16-9-7-14(8-10-16)12-24-11-3-4-15(13-24)19-23-17-5-1-2-6-18(17)25-19/h1-2,5-10,15,20H,3-4,11-13H2. The van der Waals surface area contributed by atoms with E-state index < -0.39 is 5.76 Å². The van der Waals surface area contributed by atoms with Gasteiger partial charge in [-0.25, -0.2) is 4.98 Å². The molecule has 1 saturated heterocycles. The highest BCUT2D eigenvalue weighted by Gasteiger charge is 2.25. The van der Waals surface area contributed by atoms with E-state index in [0.29, 0.717) is 22.6 Å². The van der Waals surface area contributed by atoms with Crippen molar-refractivity contribution in [2.45, 2.75) is 36.0 Å². The minimum atomic E-state index is -2.37. The van der Waals surface area contributed by atoms with Gasteiger partial charge in [0.1, 0.15) is 5.52 Å². The van der Waals surface area contributed by atoms with Crippen LogP contribution in [-0.2, 0) is 6.54 Å². The van der Waals surface area contributed by atoms with Gasteiger partial charge >= 0.3 is 0 Å². The van der Waals surface area contributed by atoms with Gasteiger partial charge in [0.2, 0.25) is 0 Å². The molecule has 0 amide bonds. The van der Waals surface area contributed by atoms with Crippen molar-refractivity contribution in [1.29, 1.82) is 0 Å². The fourth-order valence-electron chi connectivity index (χ4n) is 3.50. The first-order valence-corrected chi connectivity index (χ1v) is 9.67. The number of alkyl halides is 2. The van der Waals surface area contributed by atoms with Crippen LogP contribution in [0.15, 0.2) is 57.8 Å². The van der Waals surface area contributed by atoms with Crippen LogP contribution in [0, 0.1) is 0 Å². The van der Waals surface area contributed by atoms with Crippen LogP contribution in [0.5, 0.6) is 0 Å². The van der Waals surface area contributed by atoms with E-state index in [2.05, 4.69) is 9.88 Å². The van der Waals surface area contributed by atoms with Gasteiger partial charge in [0.25, 0.3) is 5.76 Å². The molecule has 6 heteroatoms. The maximum atomic E-state index is 12.4. The number of hydrogen-bond acceptors (Lipinski definition) is 4. The summed E-state index contributed by atoms with van der Waals surface area (Å²) < 4.78 is 30.8. The zero-order valence-corrected chi connectivity index (χ0v) is 15.1. The van der Waals surface area contributed by atoms with E-state index in [1.165, 1.54) is 0 Å². The van der Waals surface area contributed by atoms with Gasteiger partial charge in [0, 0.05) is 23.9 Å². The first-order valence-electron chi connectivity index (χ1n) is 8.79. The Labute approximate surface area is 155 Å². The predicted octanol–water partition coefficient (Wildman–Crippen LogP) is 5.52. The SMILES string of the molecule is FC(F)Sc1ccc(CN2CCCC(c3nc4ccccc4o3)C2)cc1. The highest BCUT2D eigenvalue weighted by molar-refractivity contribution is 7.99. The second-order valence-electron chi connectivity index (χ2n) is 6.62. The molecule has 0 spiro atoms. The van der Waals surface area contributed by atoms with Crippen molar-refractivity contribution < 1.29 is 13.2 Å². The quantitative estimate of drug-likeness (QED) is 0.550. The van der Waals surface area contributed by atoms with Crippen LogP contribution >= 0.6 is 11.8 Å². The minimum Gasteiger partial charge on any atom is -0.440 e. The van der Waals surface area contributed by atoms with Crippen LogP contribution in [-0.4, -0.2) is 28.7 Å². The summed E-state index contributed by atoms with van der Waals surface area (Å²) in [7, 11) is 0. The average Bonchev–Trinajstić information content (AvgIpc) is 3.07. The highest BCUT2D eigenvalue weighted by atomic mass is 32.2. The fourth-order valence-corrected chi connectivity index (χ4v) is 4.00. The number of oxazole rings is 1. The molecule has 3 nitrogen and oxygen atoms in total. The first kappa shape index (κ1) is 17.5. The third-order valence-corrected chi connectivity index (χ3v) is 5.44. The van der Waals surface area contributed by atoms with Crippen molar-refractivity contribution in [3.63, 3.8) is 0 Å².